The van der Waals surface area contributed by atoms with Crippen molar-refractivity contribution in [3.8, 4) is 10.7 Å². The molecule has 0 saturated heterocycles. The van der Waals surface area contributed by atoms with Crippen molar-refractivity contribution in [2.45, 2.75) is 26.8 Å². The minimum absolute atomic E-state index is 0.349. The molecule has 0 aromatic carbocycles. The zero-order valence-corrected chi connectivity index (χ0v) is 9.12. The molecule has 14 heavy (non-hydrogen) atoms. The Labute approximate surface area is 86.0 Å². The molecule has 0 N–H and O–H groups in total. The molecule has 0 saturated carbocycles. The van der Waals surface area contributed by atoms with Crippen LogP contribution in [0.1, 0.15) is 25.6 Å². The first-order valence-electron chi connectivity index (χ1n) is 4.39. The third-order valence-electron chi connectivity index (χ3n) is 1.98. The van der Waals surface area contributed by atoms with Gasteiger partial charge in [-0.15, -0.1) is 15.3 Å². The van der Waals surface area contributed by atoms with E-state index in [4.69, 9.17) is 0 Å². The van der Waals surface area contributed by atoms with E-state index in [0.717, 1.165) is 16.4 Å². The summed E-state index contributed by atoms with van der Waals surface area (Å²) in [6, 6.07) is 0.349. The predicted molar refractivity (Wildman–Crippen MR) is 54.0 cm³/mol. The molecule has 5 nitrogen and oxygen atoms in total. The van der Waals surface area contributed by atoms with Gasteiger partial charge in [-0.3, -0.25) is 0 Å². The molecule has 0 aliphatic carbocycles. The normalized spacial score (nSPS) is 11.1. The van der Waals surface area contributed by atoms with Crippen LogP contribution in [0.4, 0.5) is 0 Å². The average Bonchev–Trinajstić information content (AvgIpc) is 2.70. The van der Waals surface area contributed by atoms with Gasteiger partial charge in [0.1, 0.15) is 11.2 Å². The Morgan fingerprint density at radius 2 is 2.14 bits per heavy atom. The maximum absolute atomic E-state index is 4.08. The van der Waals surface area contributed by atoms with Gasteiger partial charge in [0, 0.05) is 6.04 Å². The second-order valence-electron chi connectivity index (χ2n) is 3.34. The first-order valence-corrected chi connectivity index (χ1v) is 5.16. The van der Waals surface area contributed by atoms with E-state index in [1.54, 1.807) is 6.33 Å². The molecular weight excluding hydrogens is 198 g/mol. The molecule has 0 bridgehead atoms. The molecular formula is C8H11N5S. The third-order valence-corrected chi connectivity index (χ3v) is 2.81. The van der Waals surface area contributed by atoms with Crippen molar-refractivity contribution in [2.24, 2.45) is 0 Å². The van der Waals surface area contributed by atoms with Gasteiger partial charge in [-0.05, 0) is 32.3 Å². The largest absolute Gasteiger partial charge is 0.310 e. The lowest BCUT2D eigenvalue weighted by molar-refractivity contribution is 0.604. The van der Waals surface area contributed by atoms with Crippen LogP contribution in [0.15, 0.2) is 6.33 Å². The average molecular weight is 209 g/mol. The highest BCUT2D eigenvalue weighted by Crippen LogP contribution is 2.25. The van der Waals surface area contributed by atoms with E-state index in [-0.39, 0.29) is 0 Å². The minimum Gasteiger partial charge on any atom is -0.310 e. The van der Waals surface area contributed by atoms with Gasteiger partial charge < -0.3 is 4.57 Å². The first-order chi connectivity index (χ1) is 6.70. The monoisotopic (exact) mass is 209 g/mol. The standard InChI is InChI=1S/C8H11N5S/c1-5(2)13-4-9-11-8(13)7-6(3)10-12-14-7/h4-5H,1-3H3. The van der Waals surface area contributed by atoms with Crippen LogP contribution >= 0.6 is 11.5 Å². The van der Waals surface area contributed by atoms with Gasteiger partial charge in [-0.2, -0.15) is 0 Å². The number of hydrogen-bond donors (Lipinski definition) is 0. The van der Waals surface area contributed by atoms with Crippen LogP contribution in [0, 0.1) is 6.92 Å². The number of aryl methyl sites for hydroxylation is 1. The second kappa shape index (κ2) is 3.45. The van der Waals surface area contributed by atoms with Crippen LogP contribution in [0.3, 0.4) is 0 Å². The Balaban J connectivity index is 2.52. The van der Waals surface area contributed by atoms with E-state index in [1.165, 1.54) is 11.5 Å². The molecule has 0 spiro atoms. The van der Waals surface area contributed by atoms with Crippen molar-refractivity contribution >= 4 is 11.5 Å². The van der Waals surface area contributed by atoms with Gasteiger partial charge in [0.25, 0.3) is 0 Å². The lowest BCUT2D eigenvalue weighted by atomic mass is 10.3. The molecule has 2 aromatic rings. The van der Waals surface area contributed by atoms with E-state index in [1.807, 2.05) is 11.5 Å². The van der Waals surface area contributed by atoms with Crippen molar-refractivity contribution in [2.75, 3.05) is 0 Å². The van der Waals surface area contributed by atoms with Crippen LogP contribution < -0.4 is 0 Å². The summed E-state index contributed by atoms with van der Waals surface area (Å²) < 4.78 is 5.90. The van der Waals surface area contributed by atoms with Crippen molar-refractivity contribution in [1.29, 1.82) is 0 Å². The highest BCUT2D eigenvalue weighted by Gasteiger charge is 2.14. The van der Waals surface area contributed by atoms with Crippen LogP contribution in [-0.2, 0) is 0 Å². The van der Waals surface area contributed by atoms with E-state index < -0.39 is 0 Å². The molecule has 2 aromatic heterocycles. The number of hydrogen-bond acceptors (Lipinski definition) is 5. The maximum atomic E-state index is 4.08. The first kappa shape index (κ1) is 9.26. The van der Waals surface area contributed by atoms with Crippen molar-refractivity contribution in [3.05, 3.63) is 12.0 Å². The zero-order chi connectivity index (χ0) is 10.1. The topological polar surface area (TPSA) is 56.5 Å². The zero-order valence-electron chi connectivity index (χ0n) is 8.30. The Morgan fingerprint density at radius 3 is 2.71 bits per heavy atom. The summed E-state index contributed by atoms with van der Waals surface area (Å²) in [7, 11) is 0. The molecule has 74 valence electrons. The van der Waals surface area contributed by atoms with Crippen molar-refractivity contribution in [1.82, 2.24) is 24.4 Å². The quantitative estimate of drug-likeness (QED) is 0.755. The summed E-state index contributed by atoms with van der Waals surface area (Å²) in [5.41, 5.74) is 0.907. The lowest BCUT2D eigenvalue weighted by Crippen LogP contribution is -2.01. The molecule has 0 radical (unpaired) electrons. The smallest absolute Gasteiger partial charge is 0.177 e. The Morgan fingerprint density at radius 1 is 1.36 bits per heavy atom. The van der Waals surface area contributed by atoms with Crippen LogP contribution in [-0.4, -0.2) is 24.4 Å². The summed E-state index contributed by atoms with van der Waals surface area (Å²) in [4.78, 5) is 0.996. The Hall–Kier alpha value is -1.30. The molecule has 0 atom stereocenters. The van der Waals surface area contributed by atoms with Crippen LogP contribution in [0.25, 0.3) is 10.7 Å². The molecule has 0 unspecified atom stereocenters. The number of nitrogens with zero attached hydrogens (tertiary/aromatic N) is 5. The number of rotatable bonds is 2. The van der Waals surface area contributed by atoms with E-state index >= 15 is 0 Å². The summed E-state index contributed by atoms with van der Waals surface area (Å²) in [6.45, 7) is 6.12. The molecule has 0 aliphatic heterocycles. The molecule has 0 fully saturated rings. The van der Waals surface area contributed by atoms with Crippen molar-refractivity contribution < 1.29 is 0 Å². The van der Waals surface area contributed by atoms with E-state index in [2.05, 4.69) is 33.6 Å². The summed E-state index contributed by atoms with van der Waals surface area (Å²) in [5.74, 6) is 0.854. The van der Waals surface area contributed by atoms with Crippen molar-refractivity contribution in [3.63, 3.8) is 0 Å². The van der Waals surface area contributed by atoms with E-state index in [9.17, 15) is 0 Å². The fourth-order valence-electron chi connectivity index (χ4n) is 1.22. The van der Waals surface area contributed by atoms with Gasteiger partial charge in [-0.25, -0.2) is 0 Å². The fraction of sp³-hybridized carbons (Fsp3) is 0.500. The third kappa shape index (κ3) is 1.41. The molecule has 6 heteroatoms. The van der Waals surface area contributed by atoms with Gasteiger partial charge in [0.15, 0.2) is 5.82 Å². The summed E-state index contributed by atoms with van der Waals surface area (Å²) >= 11 is 1.35. The minimum atomic E-state index is 0.349. The fourth-order valence-corrected chi connectivity index (χ4v) is 1.87. The van der Waals surface area contributed by atoms with E-state index in [0.29, 0.717) is 6.04 Å². The lowest BCUT2D eigenvalue weighted by Gasteiger charge is -2.07. The van der Waals surface area contributed by atoms with Gasteiger partial charge in [0.05, 0.1) is 5.69 Å². The maximum Gasteiger partial charge on any atom is 0.177 e. The molecule has 0 amide bonds. The van der Waals surface area contributed by atoms with Crippen LogP contribution in [0.5, 0.6) is 0 Å². The van der Waals surface area contributed by atoms with Gasteiger partial charge >= 0.3 is 0 Å². The molecule has 0 aliphatic rings. The molecule has 2 heterocycles. The Kier molecular flexibility index (Phi) is 2.28. The molecule has 2 rings (SSSR count). The predicted octanol–water partition coefficient (Wildman–Crippen LogP) is 1.69. The highest BCUT2D eigenvalue weighted by molar-refractivity contribution is 7.09. The Bertz CT molecular complexity index is 430. The number of aromatic nitrogens is 5. The summed E-state index contributed by atoms with van der Waals surface area (Å²) in [5, 5.41) is 11.9. The van der Waals surface area contributed by atoms with Crippen LogP contribution in [0.2, 0.25) is 0 Å². The van der Waals surface area contributed by atoms with Gasteiger partial charge in [0.2, 0.25) is 0 Å². The van der Waals surface area contributed by atoms with Gasteiger partial charge in [-0.1, -0.05) is 4.49 Å². The summed E-state index contributed by atoms with van der Waals surface area (Å²) in [6.07, 6.45) is 1.74. The second-order valence-corrected chi connectivity index (χ2v) is 4.10. The SMILES string of the molecule is Cc1nnsc1-c1nncn1C(C)C. The highest BCUT2D eigenvalue weighted by atomic mass is 32.1.